The van der Waals surface area contributed by atoms with Gasteiger partial charge in [0.25, 0.3) is 0 Å². The molecule has 3 aromatic rings. The Labute approximate surface area is 107 Å². The zero-order valence-corrected chi connectivity index (χ0v) is 10.0. The van der Waals surface area contributed by atoms with Gasteiger partial charge in [-0.3, -0.25) is 0 Å². The fraction of sp³-hybridized carbons (Fsp3) is 0. The highest BCUT2D eigenvalue weighted by Crippen LogP contribution is 2.31. The van der Waals surface area contributed by atoms with Crippen molar-refractivity contribution in [2.45, 2.75) is 0 Å². The molecule has 3 N–H and O–H groups in total. The minimum absolute atomic E-state index is 0.298. The summed E-state index contributed by atoms with van der Waals surface area (Å²) in [5.41, 5.74) is 7.91. The van der Waals surface area contributed by atoms with E-state index in [4.69, 9.17) is 17.3 Å². The monoisotopic (exact) mass is 261 g/mol. The molecule has 1 heterocycles. The second-order valence-electron chi connectivity index (χ2n) is 3.92. The Morgan fingerprint density at radius 2 is 1.94 bits per heavy atom. The summed E-state index contributed by atoms with van der Waals surface area (Å²) in [5, 5.41) is 0.452. The van der Waals surface area contributed by atoms with Crippen LogP contribution in [0.15, 0.2) is 36.4 Å². The van der Waals surface area contributed by atoms with Crippen LogP contribution in [-0.2, 0) is 0 Å². The Morgan fingerprint density at radius 1 is 1.17 bits per heavy atom. The van der Waals surface area contributed by atoms with Crippen LogP contribution in [0.5, 0.6) is 0 Å². The maximum Gasteiger partial charge on any atom is 0.151 e. The van der Waals surface area contributed by atoms with Crippen molar-refractivity contribution in [3.63, 3.8) is 0 Å². The van der Waals surface area contributed by atoms with Gasteiger partial charge in [0.2, 0.25) is 0 Å². The van der Waals surface area contributed by atoms with Gasteiger partial charge in [-0.15, -0.1) is 0 Å². The second kappa shape index (κ2) is 3.99. The van der Waals surface area contributed by atoms with E-state index in [0.717, 1.165) is 0 Å². The first kappa shape index (κ1) is 11.0. The predicted octanol–water partition coefficient (Wildman–Crippen LogP) is 3.60. The lowest BCUT2D eigenvalue weighted by Gasteiger charge is -2.03. The molecule has 0 fully saturated rings. The van der Waals surface area contributed by atoms with Gasteiger partial charge in [-0.1, -0.05) is 23.7 Å². The van der Waals surface area contributed by atoms with Gasteiger partial charge in [0, 0.05) is 5.56 Å². The van der Waals surface area contributed by atoms with E-state index in [1.54, 1.807) is 30.3 Å². The summed E-state index contributed by atoms with van der Waals surface area (Å²) in [6.07, 6.45) is 0. The summed E-state index contributed by atoms with van der Waals surface area (Å²) in [6.45, 7) is 0. The number of nitrogens with zero attached hydrogens (tertiary/aromatic N) is 1. The van der Waals surface area contributed by atoms with Crippen LogP contribution < -0.4 is 5.73 Å². The lowest BCUT2D eigenvalue weighted by atomic mass is 10.2. The Bertz CT molecular complexity index is 736. The van der Waals surface area contributed by atoms with E-state index in [1.165, 1.54) is 6.07 Å². The fourth-order valence-electron chi connectivity index (χ4n) is 1.87. The normalized spacial score (nSPS) is 11.0. The maximum absolute atomic E-state index is 13.6. The molecule has 0 aliphatic carbocycles. The van der Waals surface area contributed by atoms with E-state index in [-0.39, 0.29) is 5.82 Å². The number of nitrogens with one attached hydrogen (secondary N) is 1. The lowest BCUT2D eigenvalue weighted by molar-refractivity contribution is 0.637. The number of anilines is 1. The highest BCUT2D eigenvalue weighted by molar-refractivity contribution is 6.33. The van der Waals surface area contributed by atoms with Crippen molar-refractivity contribution < 1.29 is 4.39 Å². The van der Waals surface area contributed by atoms with Crippen LogP contribution >= 0.6 is 11.6 Å². The fourth-order valence-corrected chi connectivity index (χ4v) is 2.04. The van der Waals surface area contributed by atoms with Crippen LogP contribution in [0.2, 0.25) is 5.02 Å². The number of halogens is 2. The molecule has 0 radical (unpaired) electrons. The molecule has 0 spiro atoms. The van der Waals surface area contributed by atoms with Gasteiger partial charge < -0.3 is 10.7 Å². The number of nitrogen functional groups attached to an aromatic ring is 1. The SMILES string of the molecule is Nc1c(Cl)cccc1-c1nc2c(F)cccc2[nH]1. The molecule has 0 amide bonds. The molecule has 2 aromatic carbocycles. The second-order valence-corrected chi connectivity index (χ2v) is 4.33. The summed E-state index contributed by atoms with van der Waals surface area (Å²) in [6, 6.07) is 10.0. The van der Waals surface area contributed by atoms with Gasteiger partial charge >= 0.3 is 0 Å². The maximum atomic E-state index is 13.6. The van der Waals surface area contributed by atoms with Crippen LogP contribution in [0.1, 0.15) is 0 Å². The van der Waals surface area contributed by atoms with Crippen molar-refractivity contribution in [1.29, 1.82) is 0 Å². The summed E-state index contributed by atoms with van der Waals surface area (Å²) < 4.78 is 13.6. The molecule has 5 heteroatoms. The lowest BCUT2D eigenvalue weighted by Crippen LogP contribution is -1.92. The van der Waals surface area contributed by atoms with Crippen LogP contribution in [0.4, 0.5) is 10.1 Å². The first-order chi connectivity index (χ1) is 8.66. The smallest absolute Gasteiger partial charge is 0.151 e. The molecule has 0 saturated carbocycles. The van der Waals surface area contributed by atoms with E-state index < -0.39 is 0 Å². The molecule has 3 nitrogen and oxygen atoms in total. The van der Waals surface area contributed by atoms with Crippen LogP contribution in [0.3, 0.4) is 0 Å². The number of fused-ring (bicyclic) bond motifs is 1. The minimum atomic E-state index is -0.365. The van der Waals surface area contributed by atoms with Crippen LogP contribution in [-0.4, -0.2) is 9.97 Å². The summed E-state index contributed by atoms with van der Waals surface area (Å²) in [5.74, 6) is 0.144. The van der Waals surface area contributed by atoms with Crippen molar-refractivity contribution in [2.24, 2.45) is 0 Å². The third kappa shape index (κ3) is 1.62. The van der Waals surface area contributed by atoms with Gasteiger partial charge in [-0.05, 0) is 24.3 Å². The highest BCUT2D eigenvalue weighted by Gasteiger charge is 2.12. The largest absolute Gasteiger partial charge is 0.397 e. The Kier molecular flexibility index (Phi) is 2.45. The van der Waals surface area contributed by atoms with E-state index in [1.807, 2.05) is 0 Å². The molecule has 1 aromatic heterocycles. The number of H-pyrrole nitrogens is 1. The Hall–Kier alpha value is -2.07. The molecule has 0 aliphatic rings. The molecule has 0 saturated heterocycles. The van der Waals surface area contributed by atoms with Crippen molar-refractivity contribution in [3.05, 3.63) is 47.2 Å². The van der Waals surface area contributed by atoms with Gasteiger partial charge in [0.05, 0.1) is 16.2 Å². The summed E-state index contributed by atoms with van der Waals surface area (Å²) in [7, 11) is 0. The van der Waals surface area contributed by atoms with Crippen molar-refractivity contribution in [1.82, 2.24) is 9.97 Å². The van der Waals surface area contributed by atoms with E-state index in [2.05, 4.69) is 9.97 Å². The van der Waals surface area contributed by atoms with Crippen molar-refractivity contribution >= 4 is 28.3 Å². The summed E-state index contributed by atoms with van der Waals surface area (Å²) >= 11 is 5.95. The highest BCUT2D eigenvalue weighted by atomic mass is 35.5. The molecule has 0 unspecified atom stereocenters. The number of benzene rings is 2. The molecular weight excluding hydrogens is 253 g/mol. The molecule has 0 bridgehead atoms. The number of imidazole rings is 1. The van der Waals surface area contributed by atoms with Gasteiger partial charge in [-0.2, -0.15) is 0 Å². The van der Waals surface area contributed by atoms with E-state index in [9.17, 15) is 4.39 Å². The first-order valence-corrected chi connectivity index (χ1v) is 5.73. The zero-order valence-electron chi connectivity index (χ0n) is 9.24. The van der Waals surface area contributed by atoms with Crippen LogP contribution in [0, 0.1) is 5.82 Å². The van der Waals surface area contributed by atoms with Gasteiger partial charge in [0.1, 0.15) is 11.3 Å². The Morgan fingerprint density at radius 3 is 2.72 bits per heavy atom. The molecule has 3 rings (SSSR count). The predicted molar refractivity (Wildman–Crippen MR) is 70.9 cm³/mol. The van der Waals surface area contributed by atoms with Crippen LogP contribution in [0.25, 0.3) is 22.4 Å². The molecule has 0 atom stereocenters. The molecule has 18 heavy (non-hydrogen) atoms. The first-order valence-electron chi connectivity index (χ1n) is 5.35. The standard InChI is InChI=1S/C13H9ClFN3/c14-8-4-1-3-7(11(8)16)13-17-10-6-2-5-9(15)12(10)18-13/h1-6H,16H2,(H,17,18). The van der Waals surface area contributed by atoms with E-state index >= 15 is 0 Å². The Balaban J connectivity index is 2.26. The molecule has 90 valence electrons. The van der Waals surface area contributed by atoms with Crippen molar-refractivity contribution in [2.75, 3.05) is 5.73 Å². The number of rotatable bonds is 1. The number of hydrogen-bond acceptors (Lipinski definition) is 2. The molecular formula is C13H9ClFN3. The molecule has 0 aliphatic heterocycles. The minimum Gasteiger partial charge on any atom is -0.397 e. The average molecular weight is 262 g/mol. The summed E-state index contributed by atoms with van der Waals surface area (Å²) in [4.78, 5) is 7.25. The third-order valence-electron chi connectivity index (χ3n) is 2.77. The van der Waals surface area contributed by atoms with Gasteiger partial charge in [-0.25, -0.2) is 9.37 Å². The number of aromatic nitrogens is 2. The number of para-hydroxylation sites is 2. The number of nitrogens with two attached hydrogens (primary N) is 1. The average Bonchev–Trinajstić information content (AvgIpc) is 2.78. The zero-order chi connectivity index (χ0) is 12.7. The quantitative estimate of drug-likeness (QED) is 0.658. The van der Waals surface area contributed by atoms with Crippen molar-refractivity contribution in [3.8, 4) is 11.4 Å². The number of hydrogen-bond donors (Lipinski definition) is 2. The van der Waals surface area contributed by atoms with Gasteiger partial charge in [0.15, 0.2) is 5.82 Å². The number of aromatic amines is 1. The topological polar surface area (TPSA) is 54.7 Å². The third-order valence-corrected chi connectivity index (χ3v) is 3.10. The van der Waals surface area contributed by atoms with E-state index in [0.29, 0.717) is 33.1 Å².